The van der Waals surface area contributed by atoms with Crippen molar-refractivity contribution in [3.8, 4) is 0 Å². The van der Waals surface area contributed by atoms with Gasteiger partial charge in [-0.25, -0.2) is 0 Å². The Morgan fingerprint density at radius 3 is 2.89 bits per heavy atom. The maximum atomic E-state index is 4.70. The number of nitrogens with one attached hydrogen (secondary N) is 1. The molecule has 1 spiro atoms. The number of rotatable bonds is 2. The standard InChI is InChI=1S/C12H18N4OS/c1-2-4-12(5-3-1)7-14-11(18-8-12)13-6-10-15-9-17-16-10/h9H,1-8H2,(H,13,14). The van der Waals surface area contributed by atoms with Crippen LogP contribution in [0.3, 0.4) is 0 Å². The second kappa shape index (κ2) is 5.30. The first-order valence-corrected chi connectivity index (χ1v) is 7.51. The minimum absolute atomic E-state index is 0.486. The van der Waals surface area contributed by atoms with Crippen molar-refractivity contribution in [2.75, 3.05) is 12.3 Å². The Labute approximate surface area is 111 Å². The molecule has 0 amide bonds. The van der Waals surface area contributed by atoms with E-state index in [-0.39, 0.29) is 0 Å². The third-order valence-corrected chi connectivity index (χ3v) is 5.10. The summed E-state index contributed by atoms with van der Waals surface area (Å²) in [6.07, 6.45) is 8.20. The topological polar surface area (TPSA) is 63.3 Å². The smallest absolute Gasteiger partial charge is 0.213 e. The highest BCUT2D eigenvalue weighted by Gasteiger charge is 2.34. The van der Waals surface area contributed by atoms with Crippen molar-refractivity contribution in [2.24, 2.45) is 10.4 Å². The zero-order valence-corrected chi connectivity index (χ0v) is 11.2. The summed E-state index contributed by atoms with van der Waals surface area (Å²) in [5.41, 5.74) is 0.486. The number of nitrogens with zero attached hydrogens (tertiary/aromatic N) is 3. The normalized spacial score (nSPS) is 22.8. The van der Waals surface area contributed by atoms with E-state index in [2.05, 4.69) is 20.4 Å². The van der Waals surface area contributed by atoms with E-state index in [1.807, 2.05) is 11.8 Å². The molecule has 1 saturated carbocycles. The maximum Gasteiger partial charge on any atom is 0.213 e. The van der Waals surface area contributed by atoms with Gasteiger partial charge in [0.15, 0.2) is 11.0 Å². The van der Waals surface area contributed by atoms with E-state index in [4.69, 9.17) is 4.52 Å². The number of amidine groups is 1. The van der Waals surface area contributed by atoms with Crippen molar-refractivity contribution in [3.05, 3.63) is 12.2 Å². The molecule has 1 aliphatic heterocycles. The Morgan fingerprint density at radius 2 is 2.22 bits per heavy atom. The minimum Gasteiger partial charge on any atom is -0.357 e. The van der Waals surface area contributed by atoms with Gasteiger partial charge in [-0.1, -0.05) is 36.2 Å². The van der Waals surface area contributed by atoms with E-state index < -0.39 is 0 Å². The van der Waals surface area contributed by atoms with Crippen LogP contribution in [0.15, 0.2) is 15.9 Å². The first-order valence-electron chi connectivity index (χ1n) is 6.53. The van der Waals surface area contributed by atoms with Crippen molar-refractivity contribution in [1.82, 2.24) is 15.5 Å². The monoisotopic (exact) mass is 266 g/mol. The summed E-state index contributed by atoms with van der Waals surface area (Å²) in [6, 6.07) is 0. The Bertz CT molecular complexity index is 412. The molecular weight excluding hydrogens is 248 g/mol. The lowest BCUT2D eigenvalue weighted by molar-refractivity contribution is 0.232. The fourth-order valence-corrected chi connectivity index (χ4v) is 3.84. The molecule has 0 unspecified atom stereocenters. The average Bonchev–Trinajstić information content (AvgIpc) is 2.93. The quantitative estimate of drug-likeness (QED) is 0.889. The lowest BCUT2D eigenvalue weighted by Gasteiger charge is -2.38. The summed E-state index contributed by atoms with van der Waals surface area (Å²) in [6.45, 7) is 1.57. The zero-order valence-electron chi connectivity index (χ0n) is 10.4. The Balaban J connectivity index is 1.53. The molecule has 0 radical (unpaired) electrons. The van der Waals surface area contributed by atoms with Gasteiger partial charge >= 0.3 is 0 Å². The highest BCUT2D eigenvalue weighted by molar-refractivity contribution is 8.13. The van der Waals surface area contributed by atoms with Crippen molar-refractivity contribution < 1.29 is 4.52 Å². The molecule has 2 heterocycles. The highest BCUT2D eigenvalue weighted by atomic mass is 32.2. The molecule has 2 aliphatic rings. The van der Waals surface area contributed by atoms with Crippen molar-refractivity contribution in [3.63, 3.8) is 0 Å². The summed E-state index contributed by atoms with van der Waals surface area (Å²) in [7, 11) is 0. The largest absolute Gasteiger partial charge is 0.357 e. The molecule has 1 aromatic rings. The van der Waals surface area contributed by atoms with Gasteiger partial charge in [-0.2, -0.15) is 4.98 Å². The first kappa shape index (κ1) is 12.0. The number of aromatic nitrogens is 2. The van der Waals surface area contributed by atoms with Gasteiger partial charge < -0.3 is 9.84 Å². The molecule has 1 N–H and O–H groups in total. The van der Waals surface area contributed by atoms with Crippen LogP contribution in [0.25, 0.3) is 0 Å². The fourth-order valence-electron chi connectivity index (χ4n) is 2.69. The molecule has 0 saturated heterocycles. The van der Waals surface area contributed by atoms with Gasteiger partial charge in [0.25, 0.3) is 0 Å². The lowest BCUT2D eigenvalue weighted by atomic mass is 9.75. The molecule has 3 rings (SSSR count). The van der Waals surface area contributed by atoms with Crippen LogP contribution in [0.4, 0.5) is 0 Å². The average molecular weight is 266 g/mol. The molecule has 0 atom stereocenters. The highest BCUT2D eigenvalue weighted by Crippen LogP contribution is 2.41. The lowest BCUT2D eigenvalue weighted by Crippen LogP contribution is -2.36. The zero-order chi connectivity index (χ0) is 12.3. The van der Waals surface area contributed by atoms with Crippen LogP contribution in [0.1, 0.15) is 37.9 Å². The SMILES string of the molecule is c1nc(CNC2=NCC3(CCCCC3)CS2)no1. The molecule has 1 aromatic heterocycles. The van der Waals surface area contributed by atoms with Crippen molar-refractivity contribution in [2.45, 2.75) is 38.6 Å². The van der Waals surface area contributed by atoms with Crippen LogP contribution >= 0.6 is 11.8 Å². The molecule has 0 bridgehead atoms. The van der Waals surface area contributed by atoms with Gasteiger partial charge in [-0.3, -0.25) is 4.99 Å². The number of thioether (sulfide) groups is 1. The summed E-state index contributed by atoms with van der Waals surface area (Å²) in [4.78, 5) is 8.67. The van der Waals surface area contributed by atoms with Crippen LogP contribution in [0, 0.1) is 5.41 Å². The van der Waals surface area contributed by atoms with Crippen LogP contribution in [-0.4, -0.2) is 27.6 Å². The first-order chi connectivity index (χ1) is 8.86. The Hall–Kier alpha value is -1.04. The van der Waals surface area contributed by atoms with Crippen LogP contribution in [-0.2, 0) is 6.54 Å². The van der Waals surface area contributed by atoms with Crippen LogP contribution in [0.5, 0.6) is 0 Å². The Kier molecular flexibility index (Phi) is 3.54. The van der Waals surface area contributed by atoms with Gasteiger partial charge in [-0.05, 0) is 18.3 Å². The van der Waals surface area contributed by atoms with E-state index in [9.17, 15) is 0 Å². The second-order valence-electron chi connectivity index (χ2n) is 5.17. The van der Waals surface area contributed by atoms with Gasteiger partial charge in [-0.15, -0.1) is 0 Å². The van der Waals surface area contributed by atoms with Crippen molar-refractivity contribution in [1.29, 1.82) is 0 Å². The molecule has 5 nitrogen and oxygen atoms in total. The molecule has 6 heteroatoms. The second-order valence-corrected chi connectivity index (χ2v) is 6.14. The molecule has 1 fully saturated rings. The van der Waals surface area contributed by atoms with Crippen molar-refractivity contribution >= 4 is 16.9 Å². The summed E-state index contributed by atoms with van der Waals surface area (Å²) < 4.78 is 4.70. The fraction of sp³-hybridized carbons (Fsp3) is 0.750. The maximum absolute atomic E-state index is 4.70. The molecule has 0 aromatic carbocycles. The van der Waals surface area contributed by atoms with Gasteiger partial charge in [0, 0.05) is 12.3 Å². The predicted octanol–water partition coefficient (Wildman–Crippen LogP) is 2.21. The van der Waals surface area contributed by atoms with E-state index in [1.54, 1.807) is 0 Å². The number of hydrogen-bond acceptors (Lipinski definition) is 6. The summed E-state index contributed by atoms with van der Waals surface area (Å²) in [5.74, 6) is 1.88. The molecule has 98 valence electrons. The predicted molar refractivity (Wildman–Crippen MR) is 71.4 cm³/mol. The van der Waals surface area contributed by atoms with Gasteiger partial charge in [0.2, 0.25) is 6.39 Å². The Morgan fingerprint density at radius 1 is 1.33 bits per heavy atom. The van der Waals surface area contributed by atoms with E-state index in [0.717, 1.165) is 11.7 Å². The van der Waals surface area contributed by atoms with Gasteiger partial charge in [0.1, 0.15) is 0 Å². The molecule has 18 heavy (non-hydrogen) atoms. The molecule has 1 aliphatic carbocycles. The third kappa shape index (κ3) is 2.68. The summed E-state index contributed by atoms with van der Waals surface area (Å²) in [5, 5.41) is 8.07. The van der Waals surface area contributed by atoms with E-state index in [1.165, 1.54) is 44.3 Å². The van der Waals surface area contributed by atoms with E-state index in [0.29, 0.717) is 17.8 Å². The van der Waals surface area contributed by atoms with Crippen LogP contribution < -0.4 is 5.32 Å². The van der Waals surface area contributed by atoms with E-state index >= 15 is 0 Å². The number of aliphatic imine (C=N–C) groups is 1. The molecular formula is C12H18N4OS. The third-order valence-electron chi connectivity index (χ3n) is 3.79. The number of hydrogen-bond donors (Lipinski definition) is 1. The minimum atomic E-state index is 0.486. The summed E-state index contributed by atoms with van der Waals surface area (Å²) >= 11 is 1.84. The van der Waals surface area contributed by atoms with Gasteiger partial charge in [0.05, 0.1) is 6.54 Å². The van der Waals surface area contributed by atoms with Crippen LogP contribution in [0.2, 0.25) is 0 Å².